The number of halogens is 2. The van der Waals surface area contributed by atoms with E-state index >= 15 is 0 Å². The van der Waals surface area contributed by atoms with E-state index in [1.807, 2.05) is 5.38 Å². The number of hydrogen-bond donors (Lipinski definition) is 0. The van der Waals surface area contributed by atoms with Gasteiger partial charge in [0, 0.05) is 17.7 Å². The van der Waals surface area contributed by atoms with Crippen LogP contribution in [-0.4, -0.2) is 5.92 Å². The topological polar surface area (TPSA) is 0 Å². The van der Waals surface area contributed by atoms with Crippen molar-refractivity contribution in [3.05, 3.63) is 22.4 Å². The maximum Gasteiger partial charge on any atom is 0.252 e. The third kappa shape index (κ3) is 2.58. The first-order valence-corrected chi connectivity index (χ1v) is 4.42. The average molecular weight is 176 g/mol. The van der Waals surface area contributed by atoms with Crippen molar-refractivity contribution < 1.29 is 8.78 Å². The van der Waals surface area contributed by atoms with Crippen LogP contribution in [0.25, 0.3) is 0 Å². The minimum Gasteiger partial charge on any atom is -0.206 e. The Hall–Kier alpha value is -0.440. The van der Waals surface area contributed by atoms with Gasteiger partial charge in [-0.3, -0.25) is 0 Å². The van der Waals surface area contributed by atoms with Crippen LogP contribution in [0, 0.1) is 0 Å². The Kier molecular flexibility index (Phi) is 2.60. The molecule has 0 radical (unpaired) electrons. The maximum absolute atomic E-state index is 12.7. The standard InChI is InChI=1S/C8H10F2S/c1-2-8(9,10)6-7-4-3-5-11-7/h3-5H,2,6H2,1H3. The highest BCUT2D eigenvalue weighted by molar-refractivity contribution is 7.09. The summed E-state index contributed by atoms with van der Waals surface area (Å²) in [6, 6.07) is 3.54. The first-order chi connectivity index (χ1) is 5.14. The summed E-state index contributed by atoms with van der Waals surface area (Å²) in [7, 11) is 0. The lowest BCUT2D eigenvalue weighted by Gasteiger charge is -2.11. The van der Waals surface area contributed by atoms with Crippen LogP contribution >= 0.6 is 11.3 Å². The largest absolute Gasteiger partial charge is 0.252 e. The summed E-state index contributed by atoms with van der Waals surface area (Å²) in [6.45, 7) is 1.51. The molecular formula is C8H10F2S. The zero-order valence-electron chi connectivity index (χ0n) is 6.31. The third-order valence-electron chi connectivity index (χ3n) is 1.53. The minimum absolute atomic E-state index is 0.0785. The Labute approximate surface area is 68.9 Å². The van der Waals surface area contributed by atoms with Crippen LogP contribution in [0.4, 0.5) is 8.78 Å². The zero-order valence-corrected chi connectivity index (χ0v) is 7.13. The molecule has 0 atom stereocenters. The van der Waals surface area contributed by atoms with E-state index < -0.39 is 5.92 Å². The van der Waals surface area contributed by atoms with Gasteiger partial charge in [0.25, 0.3) is 5.92 Å². The maximum atomic E-state index is 12.7. The molecule has 1 rings (SSSR count). The summed E-state index contributed by atoms with van der Waals surface area (Å²) in [5.41, 5.74) is 0. The summed E-state index contributed by atoms with van der Waals surface area (Å²) in [6.07, 6.45) is -0.188. The van der Waals surface area contributed by atoms with Crippen molar-refractivity contribution in [2.75, 3.05) is 0 Å². The van der Waals surface area contributed by atoms with Crippen molar-refractivity contribution >= 4 is 11.3 Å². The van der Waals surface area contributed by atoms with Gasteiger partial charge in [-0.2, -0.15) is 0 Å². The fourth-order valence-corrected chi connectivity index (χ4v) is 1.58. The number of hydrogen-bond acceptors (Lipinski definition) is 1. The fraction of sp³-hybridized carbons (Fsp3) is 0.500. The van der Waals surface area contributed by atoms with E-state index in [4.69, 9.17) is 0 Å². The predicted molar refractivity (Wildman–Crippen MR) is 43.3 cm³/mol. The van der Waals surface area contributed by atoms with Crippen LogP contribution in [0.5, 0.6) is 0 Å². The van der Waals surface area contributed by atoms with E-state index in [0.29, 0.717) is 0 Å². The van der Waals surface area contributed by atoms with Gasteiger partial charge in [0.2, 0.25) is 0 Å². The second kappa shape index (κ2) is 3.30. The highest BCUT2D eigenvalue weighted by atomic mass is 32.1. The molecule has 0 bridgehead atoms. The van der Waals surface area contributed by atoms with Crippen LogP contribution in [0.15, 0.2) is 17.5 Å². The molecule has 0 fully saturated rings. The zero-order chi connectivity index (χ0) is 8.32. The first-order valence-electron chi connectivity index (χ1n) is 3.54. The van der Waals surface area contributed by atoms with Gasteiger partial charge in [0.1, 0.15) is 0 Å². The SMILES string of the molecule is CCC(F)(F)Cc1cccs1. The number of alkyl halides is 2. The molecule has 11 heavy (non-hydrogen) atoms. The highest BCUT2D eigenvalue weighted by Crippen LogP contribution is 2.25. The van der Waals surface area contributed by atoms with Gasteiger partial charge in [-0.1, -0.05) is 13.0 Å². The number of thiophene rings is 1. The van der Waals surface area contributed by atoms with E-state index in [0.717, 1.165) is 4.88 Å². The molecule has 0 nitrogen and oxygen atoms in total. The fourth-order valence-electron chi connectivity index (χ4n) is 0.793. The molecule has 1 aromatic rings. The third-order valence-corrected chi connectivity index (χ3v) is 2.41. The van der Waals surface area contributed by atoms with Crippen LogP contribution in [0.3, 0.4) is 0 Å². The van der Waals surface area contributed by atoms with Crippen LogP contribution < -0.4 is 0 Å². The van der Waals surface area contributed by atoms with Gasteiger partial charge in [0.15, 0.2) is 0 Å². The Morgan fingerprint density at radius 1 is 1.55 bits per heavy atom. The molecule has 0 saturated heterocycles. The van der Waals surface area contributed by atoms with E-state index in [2.05, 4.69) is 0 Å². The predicted octanol–water partition coefficient (Wildman–Crippen LogP) is 3.34. The summed E-state index contributed by atoms with van der Waals surface area (Å²) in [5, 5.41) is 1.82. The Bertz CT molecular complexity index is 204. The van der Waals surface area contributed by atoms with Gasteiger partial charge in [0.05, 0.1) is 0 Å². The molecular weight excluding hydrogens is 166 g/mol. The molecule has 0 unspecified atom stereocenters. The highest BCUT2D eigenvalue weighted by Gasteiger charge is 2.26. The van der Waals surface area contributed by atoms with Crippen molar-refractivity contribution in [2.24, 2.45) is 0 Å². The van der Waals surface area contributed by atoms with Crippen LogP contribution in [-0.2, 0) is 6.42 Å². The van der Waals surface area contributed by atoms with E-state index in [9.17, 15) is 8.78 Å². The molecule has 1 heterocycles. The normalized spacial score (nSPS) is 11.9. The number of rotatable bonds is 3. The molecule has 0 aromatic carbocycles. The van der Waals surface area contributed by atoms with Crippen molar-refractivity contribution in [3.63, 3.8) is 0 Å². The Balaban J connectivity index is 2.56. The Morgan fingerprint density at radius 3 is 2.73 bits per heavy atom. The molecule has 0 amide bonds. The van der Waals surface area contributed by atoms with Crippen molar-refractivity contribution in [2.45, 2.75) is 25.7 Å². The van der Waals surface area contributed by atoms with E-state index in [1.54, 1.807) is 12.1 Å². The Morgan fingerprint density at radius 2 is 2.27 bits per heavy atom. The second-order valence-electron chi connectivity index (χ2n) is 2.47. The summed E-state index contributed by atoms with van der Waals surface area (Å²) >= 11 is 1.39. The molecule has 0 aliphatic rings. The van der Waals surface area contributed by atoms with E-state index in [1.165, 1.54) is 18.3 Å². The lowest BCUT2D eigenvalue weighted by Crippen LogP contribution is -2.16. The summed E-state index contributed by atoms with van der Waals surface area (Å²) < 4.78 is 25.4. The minimum atomic E-state index is -2.52. The van der Waals surface area contributed by atoms with Gasteiger partial charge >= 0.3 is 0 Å². The first kappa shape index (κ1) is 8.65. The molecule has 0 aliphatic carbocycles. The average Bonchev–Trinajstić information content (AvgIpc) is 2.39. The van der Waals surface area contributed by atoms with Crippen molar-refractivity contribution in [1.29, 1.82) is 0 Å². The van der Waals surface area contributed by atoms with Gasteiger partial charge in [-0.05, 0) is 11.4 Å². The van der Waals surface area contributed by atoms with Gasteiger partial charge in [-0.15, -0.1) is 11.3 Å². The lowest BCUT2D eigenvalue weighted by atomic mass is 10.1. The molecule has 62 valence electrons. The molecule has 1 aromatic heterocycles. The molecule has 0 N–H and O–H groups in total. The summed E-state index contributed by atoms with van der Waals surface area (Å²) in [4.78, 5) is 0.761. The smallest absolute Gasteiger partial charge is 0.206 e. The molecule has 0 aliphatic heterocycles. The second-order valence-corrected chi connectivity index (χ2v) is 3.50. The van der Waals surface area contributed by atoms with E-state index in [-0.39, 0.29) is 12.8 Å². The van der Waals surface area contributed by atoms with Crippen molar-refractivity contribution in [3.8, 4) is 0 Å². The molecule has 0 spiro atoms. The summed E-state index contributed by atoms with van der Waals surface area (Å²) in [5.74, 6) is -2.52. The van der Waals surface area contributed by atoms with Crippen LogP contribution in [0.1, 0.15) is 18.2 Å². The van der Waals surface area contributed by atoms with Crippen molar-refractivity contribution in [1.82, 2.24) is 0 Å². The van der Waals surface area contributed by atoms with Crippen LogP contribution in [0.2, 0.25) is 0 Å². The van der Waals surface area contributed by atoms with Gasteiger partial charge in [-0.25, -0.2) is 8.78 Å². The lowest BCUT2D eigenvalue weighted by molar-refractivity contribution is -0.00141. The molecule has 0 saturated carbocycles. The quantitative estimate of drug-likeness (QED) is 0.662. The van der Waals surface area contributed by atoms with Gasteiger partial charge < -0.3 is 0 Å². The monoisotopic (exact) mass is 176 g/mol. The molecule has 3 heteroatoms.